The fraction of sp³-hybridized carbons (Fsp3) is 0.889. The minimum absolute atomic E-state index is 0.120. The highest BCUT2D eigenvalue weighted by Crippen LogP contribution is 2.14. The van der Waals surface area contributed by atoms with Crippen LogP contribution in [0.2, 0.25) is 0 Å². The molecule has 12 heavy (non-hydrogen) atoms. The van der Waals surface area contributed by atoms with Gasteiger partial charge in [0.1, 0.15) is 5.60 Å². The molecule has 72 valence electrons. The first kappa shape index (κ1) is 11.3. The second-order valence-electron chi connectivity index (χ2n) is 3.63. The van der Waals surface area contributed by atoms with Gasteiger partial charge >= 0.3 is 6.16 Å². The largest absolute Gasteiger partial charge is 0.509 e. The summed E-state index contributed by atoms with van der Waals surface area (Å²) in [5.74, 6) is 0. The molecule has 0 rings (SSSR count). The zero-order valence-electron chi connectivity index (χ0n) is 8.51. The molecule has 0 atom stereocenters. The molecule has 0 saturated carbocycles. The fourth-order valence-corrected chi connectivity index (χ4v) is 0.514. The number of carbonyl (C=O) groups excluding carboxylic acids is 1. The normalized spacial score (nSPS) is 11.5. The lowest BCUT2D eigenvalue weighted by atomic mass is 10.1. The lowest BCUT2D eigenvalue weighted by Crippen LogP contribution is -2.28. The van der Waals surface area contributed by atoms with Crippen molar-refractivity contribution in [1.29, 1.82) is 0 Å². The smallest absolute Gasteiger partial charge is 0.432 e. The summed E-state index contributed by atoms with van der Waals surface area (Å²) in [4.78, 5) is 11.0. The van der Waals surface area contributed by atoms with Crippen molar-refractivity contribution in [3.05, 3.63) is 0 Å². The van der Waals surface area contributed by atoms with Crippen LogP contribution in [-0.4, -0.2) is 17.9 Å². The molecule has 0 amide bonds. The highest BCUT2D eigenvalue weighted by atomic mass is 16.7. The summed E-state index contributed by atoms with van der Waals surface area (Å²) >= 11 is 0. The van der Waals surface area contributed by atoms with E-state index in [-0.39, 0.29) is 6.10 Å². The molecule has 0 spiro atoms. The summed E-state index contributed by atoms with van der Waals surface area (Å²) in [5.41, 5.74) is -0.425. The molecule has 0 aliphatic carbocycles. The average Bonchev–Trinajstić information content (AvgIpc) is 1.84. The molecule has 0 aromatic heterocycles. The SMILES string of the molecule is CCC(C)(C)OC(=O)OC(C)C. The Morgan fingerprint density at radius 1 is 1.42 bits per heavy atom. The summed E-state index contributed by atoms with van der Waals surface area (Å²) in [6, 6.07) is 0. The molecule has 0 aromatic carbocycles. The Bertz CT molecular complexity index is 150. The molecule has 0 bridgehead atoms. The van der Waals surface area contributed by atoms with Gasteiger partial charge in [-0.15, -0.1) is 0 Å². The summed E-state index contributed by atoms with van der Waals surface area (Å²) < 4.78 is 9.86. The number of carbonyl (C=O) groups is 1. The molecule has 3 nitrogen and oxygen atoms in total. The van der Waals surface area contributed by atoms with Crippen LogP contribution in [0.1, 0.15) is 41.0 Å². The Kier molecular flexibility index (Phi) is 4.07. The van der Waals surface area contributed by atoms with Crippen molar-refractivity contribution in [2.45, 2.75) is 52.7 Å². The van der Waals surface area contributed by atoms with E-state index in [0.717, 1.165) is 6.42 Å². The van der Waals surface area contributed by atoms with Crippen molar-refractivity contribution in [2.24, 2.45) is 0 Å². The number of hydrogen-bond acceptors (Lipinski definition) is 3. The highest BCUT2D eigenvalue weighted by Gasteiger charge is 2.21. The Labute approximate surface area is 74.0 Å². The molecule has 0 aliphatic heterocycles. The van der Waals surface area contributed by atoms with Gasteiger partial charge in [-0.05, 0) is 34.1 Å². The van der Waals surface area contributed by atoms with Crippen LogP contribution in [0.3, 0.4) is 0 Å². The van der Waals surface area contributed by atoms with Crippen molar-refractivity contribution >= 4 is 6.16 Å². The van der Waals surface area contributed by atoms with E-state index >= 15 is 0 Å². The first-order chi connectivity index (χ1) is 5.37. The van der Waals surface area contributed by atoms with Gasteiger partial charge in [0.05, 0.1) is 6.10 Å². The van der Waals surface area contributed by atoms with E-state index in [2.05, 4.69) is 0 Å². The Morgan fingerprint density at radius 3 is 2.25 bits per heavy atom. The molecule has 0 saturated heterocycles. The van der Waals surface area contributed by atoms with E-state index in [4.69, 9.17) is 9.47 Å². The van der Waals surface area contributed by atoms with Crippen LogP contribution in [0.25, 0.3) is 0 Å². The topological polar surface area (TPSA) is 35.5 Å². The first-order valence-corrected chi connectivity index (χ1v) is 4.27. The second kappa shape index (κ2) is 4.33. The quantitative estimate of drug-likeness (QED) is 0.617. The summed E-state index contributed by atoms with van der Waals surface area (Å²) in [6.45, 7) is 9.26. The average molecular weight is 174 g/mol. The van der Waals surface area contributed by atoms with E-state index in [1.54, 1.807) is 13.8 Å². The van der Waals surface area contributed by atoms with Gasteiger partial charge in [0.15, 0.2) is 0 Å². The van der Waals surface area contributed by atoms with Crippen LogP contribution in [0.4, 0.5) is 4.79 Å². The van der Waals surface area contributed by atoms with Gasteiger partial charge in [-0.3, -0.25) is 0 Å². The van der Waals surface area contributed by atoms with Gasteiger partial charge < -0.3 is 9.47 Å². The lowest BCUT2D eigenvalue weighted by Gasteiger charge is -2.23. The van der Waals surface area contributed by atoms with E-state index in [0.29, 0.717) is 0 Å². The lowest BCUT2D eigenvalue weighted by molar-refractivity contribution is -0.0295. The fourth-order valence-electron chi connectivity index (χ4n) is 0.514. The zero-order valence-corrected chi connectivity index (χ0v) is 8.51. The van der Waals surface area contributed by atoms with E-state index in [1.165, 1.54) is 0 Å². The number of ether oxygens (including phenoxy) is 2. The van der Waals surface area contributed by atoms with Crippen LogP contribution in [0.5, 0.6) is 0 Å². The molecule has 0 aromatic rings. The molecule has 0 fully saturated rings. The third-order valence-corrected chi connectivity index (χ3v) is 1.54. The Hall–Kier alpha value is -0.730. The third-order valence-electron chi connectivity index (χ3n) is 1.54. The maximum absolute atomic E-state index is 11.0. The monoisotopic (exact) mass is 174 g/mol. The Morgan fingerprint density at radius 2 is 1.92 bits per heavy atom. The molecule has 0 heterocycles. The van der Waals surface area contributed by atoms with E-state index in [9.17, 15) is 4.79 Å². The van der Waals surface area contributed by atoms with Crippen molar-refractivity contribution in [2.75, 3.05) is 0 Å². The van der Waals surface area contributed by atoms with Crippen molar-refractivity contribution < 1.29 is 14.3 Å². The number of hydrogen-bond donors (Lipinski definition) is 0. The van der Waals surface area contributed by atoms with Gasteiger partial charge in [-0.1, -0.05) is 6.92 Å². The van der Waals surface area contributed by atoms with Crippen LogP contribution in [0.15, 0.2) is 0 Å². The van der Waals surface area contributed by atoms with Crippen molar-refractivity contribution in [3.63, 3.8) is 0 Å². The minimum Gasteiger partial charge on any atom is -0.432 e. The molecular weight excluding hydrogens is 156 g/mol. The standard InChI is InChI=1S/C9H18O3/c1-6-9(4,5)12-8(10)11-7(2)3/h7H,6H2,1-5H3. The van der Waals surface area contributed by atoms with Crippen molar-refractivity contribution in [1.82, 2.24) is 0 Å². The highest BCUT2D eigenvalue weighted by molar-refractivity contribution is 5.60. The van der Waals surface area contributed by atoms with Gasteiger partial charge in [0.2, 0.25) is 0 Å². The van der Waals surface area contributed by atoms with Gasteiger partial charge in [-0.2, -0.15) is 0 Å². The van der Waals surface area contributed by atoms with Crippen LogP contribution < -0.4 is 0 Å². The summed E-state index contributed by atoms with van der Waals surface area (Å²) in [5, 5.41) is 0. The second-order valence-corrected chi connectivity index (χ2v) is 3.63. The summed E-state index contributed by atoms with van der Waals surface area (Å²) in [6.07, 6.45) is 0.0715. The predicted molar refractivity (Wildman–Crippen MR) is 47.1 cm³/mol. The van der Waals surface area contributed by atoms with Crippen LogP contribution in [-0.2, 0) is 9.47 Å². The van der Waals surface area contributed by atoms with Crippen LogP contribution >= 0.6 is 0 Å². The van der Waals surface area contributed by atoms with Gasteiger partial charge in [-0.25, -0.2) is 4.79 Å². The van der Waals surface area contributed by atoms with E-state index < -0.39 is 11.8 Å². The van der Waals surface area contributed by atoms with Gasteiger partial charge in [0.25, 0.3) is 0 Å². The molecular formula is C9H18O3. The Balaban J connectivity index is 3.84. The summed E-state index contributed by atoms with van der Waals surface area (Å²) in [7, 11) is 0. The van der Waals surface area contributed by atoms with Crippen LogP contribution in [0, 0.1) is 0 Å². The molecule has 0 radical (unpaired) electrons. The zero-order chi connectivity index (χ0) is 9.78. The first-order valence-electron chi connectivity index (χ1n) is 4.27. The van der Waals surface area contributed by atoms with E-state index in [1.807, 2.05) is 20.8 Å². The molecule has 0 N–H and O–H groups in total. The van der Waals surface area contributed by atoms with Crippen molar-refractivity contribution in [3.8, 4) is 0 Å². The number of rotatable bonds is 3. The van der Waals surface area contributed by atoms with Gasteiger partial charge in [0, 0.05) is 0 Å². The molecule has 3 heteroatoms. The molecule has 0 aliphatic rings. The maximum Gasteiger partial charge on any atom is 0.509 e. The minimum atomic E-state index is -0.586. The third kappa shape index (κ3) is 4.99. The maximum atomic E-state index is 11.0. The predicted octanol–water partition coefficient (Wildman–Crippen LogP) is 2.74. The molecule has 0 unspecified atom stereocenters.